The minimum atomic E-state index is 0. The molecule has 3 aliphatic carbocycles. The van der Waals surface area contributed by atoms with Gasteiger partial charge in [0.25, 0.3) is 0 Å². The van der Waals surface area contributed by atoms with Gasteiger partial charge in [-0.3, -0.25) is 9.89 Å². The van der Waals surface area contributed by atoms with Crippen molar-refractivity contribution in [1.29, 1.82) is 0 Å². The summed E-state index contributed by atoms with van der Waals surface area (Å²) in [5, 5.41) is 7.60. The molecule has 0 aromatic heterocycles. The first kappa shape index (κ1) is 22.1. The summed E-state index contributed by atoms with van der Waals surface area (Å²) in [4.78, 5) is 7.32. The molecule has 2 heterocycles. The molecule has 3 atom stereocenters. The highest BCUT2D eigenvalue weighted by Gasteiger charge is 2.66. The van der Waals surface area contributed by atoms with E-state index in [9.17, 15) is 0 Å². The van der Waals surface area contributed by atoms with Gasteiger partial charge in [-0.05, 0) is 32.1 Å². The number of nitrogens with one attached hydrogen (secondary N) is 2. The fourth-order valence-electron chi connectivity index (χ4n) is 6.90. The van der Waals surface area contributed by atoms with Crippen LogP contribution in [0.5, 0.6) is 0 Å². The van der Waals surface area contributed by atoms with Crippen molar-refractivity contribution in [1.82, 2.24) is 15.5 Å². The molecule has 0 radical (unpaired) electrons. The third-order valence-corrected chi connectivity index (χ3v) is 8.60. The number of morpholine rings is 1. The van der Waals surface area contributed by atoms with Crippen molar-refractivity contribution >= 4 is 29.9 Å². The normalized spacial score (nSPS) is 35.8. The van der Waals surface area contributed by atoms with E-state index in [1.54, 1.807) is 0 Å². The van der Waals surface area contributed by atoms with Crippen LogP contribution in [0.25, 0.3) is 0 Å². The minimum absolute atomic E-state index is 0. The van der Waals surface area contributed by atoms with Gasteiger partial charge in [-0.2, -0.15) is 0 Å². The number of hydrogen-bond acceptors (Lipinski definition) is 4. The van der Waals surface area contributed by atoms with E-state index in [2.05, 4.69) is 20.5 Å². The number of rotatable bonds is 4. The van der Waals surface area contributed by atoms with Crippen molar-refractivity contribution in [3.05, 3.63) is 0 Å². The summed E-state index contributed by atoms with van der Waals surface area (Å²) in [6.07, 6.45) is 12.4. The Kier molecular flexibility index (Phi) is 6.98. The maximum absolute atomic E-state index is 6.09. The molecule has 3 saturated carbocycles. The highest BCUT2D eigenvalue weighted by molar-refractivity contribution is 14.0. The topological polar surface area (TPSA) is 58.1 Å². The molecule has 5 rings (SSSR count). The molecule has 3 unspecified atom stereocenters. The van der Waals surface area contributed by atoms with Crippen LogP contribution in [0.15, 0.2) is 4.99 Å². The van der Waals surface area contributed by atoms with Gasteiger partial charge in [-0.25, -0.2) is 0 Å². The Labute approximate surface area is 192 Å². The van der Waals surface area contributed by atoms with Crippen LogP contribution in [-0.4, -0.2) is 75.0 Å². The highest BCUT2D eigenvalue weighted by atomic mass is 127. The molecule has 0 amide bonds. The molecule has 0 aromatic carbocycles. The lowest BCUT2D eigenvalue weighted by molar-refractivity contribution is -0.171. The molecule has 2 aliphatic heterocycles. The van der Waals surface area contributed by atoms with Crippen LogP contribution in [0.1, 0.15) is 57.8 Å². The molecule has 1 spiro atoms. The predicted molar refractivity (Wildman–Crippen MR) is 126 cm³/mol. The van der Waals surface area contributed by atoms with E-state index in [1.807, 2.05) is 7.05 Å². The molecule has 7 heteroatoms. The minimum Gasteiger partial charge on any atom is -0.379 e. The third-order valence-electron chi connectivity index (χ3n) is 8.60. The van der Waals surface area contributed by atoms with E-state index >= 15 is 0 Å². The Bertz CT molecular complexity index is 585. The van der Waals surface area contributed by atoms with Gasteiger partial charge >= 0.3 is 0 Å². The van der Waals surface area contributed by atoms with E-state index < -0.39 is 0 Å². The van der Waals surface area contributed by atoms with Gasteiger partial charge in [-0.1, -0.05) is 25.7 Å². The van der Waals surface area contributed by atoms with Crippen molar-refractivity contribution in [2.75, 3.05) is 46.5 Å². The van der Waals surface area contributed by atoms with Crippen molar-refractivity contribution in [2.24, 2.45) is 16.3 Å². The van der Waals surface area contributed by atoms with Gasteiger partial charge in [-0.15, -0.1) is 24.0 Å². The average Bonchev–Trinajstić information content (AvgIpc) is 3.13. The first-order valence-corrected chi connectivity index (χ1v) is 11.7. The Morgan fingerprint density at radius 3 is 2.45 bits per heavy atom. The molecule has 29 heavy (non-hydrogen) atoms. The number of halogens is 1. The van der Waals surface area contributed by atoms with Gasteiger partial charge in [0.2, 0.25) is 0 Å². The van der Waals surface area contributed by atoms with Gasteiger partial charge in [0, 0.05) is 56.2 Å². The summed E-state index contributed by atoms with van der Waals surface area (Å²) in [6.45, 7) is 5.84. The van der Waals surface area contributed by atoms with Crippen molar-refractivity contribution in [2.45, 2.75) is 75.5 Å². The quantitative estimate of drug-likeness (QED) is 0.341. The number of aliphatic imine (C=N–C) groups is 1. The van der Waals surface area contributed by atoms with E-state index in [0.717, 1.165) is 45.4 Å². The number of fused-ring (bicyclic) bond motifs is 2. The molecule has 0 bridgehead atoms. The zero-order valence-corrected chi connectivity index (χ0v) is 20.3. The zero-order valence-electron chi connectivity index (χ0n) is 18.0. The number of hydrogen-bond donors (Lipinski definition) is 2. The predicted octanol–water partition coefficient (Wildman–Crippen LogP) is 2.76. The van der Waals surface area contributed by atoms with Crippen LogP contribution in [0.2, 0.25) is 0 Å². The van der Waals surface area contributed by atoms with Crippen LogP contribution in [0, 0.1) is 11.3 Å². The first-order valence-electron chi connectivity index (χ1n) is 11.7. The number of ether oxygens (including phenoxy) is 2. The zero-order chi connectivity index (χ0) is 19.0. The SMILES string of the molecule is CN=C(NCC1(N2CCOCC2)CCCCC1)NC1C2CCOC2C12CCC2.I. The number of nitrogens with zero attached hydrogens (tertiary/aromatic N) is 2. The Hall–Kier alpha value is -0.120. The molecule has 2 saturated heterocycles. The highest BCUT2D eigenvalue weighted by Crippen LogP contribution is 2.62. The fourth-order valence-corrected chi connectivity index (χ4v) is 6.90. The first-order chi connectivity index (χ1) is 13.8. The lowest BCUT2D eigenvalue weighted by Gasteiger charge is -2.63. The summed E-state index contributed by atoms with van der Waals surface area (Å²) >= 11 is 0. The van der Waals surface area contributed by atoms with E-state index in [1.165, 1.54) is 57.8 Å². The summed E-state index contributed by atoms with van der Waals surface area (Å²) in [5.74, 6) is 1.68. The Morgan fingerprint density at radius 1 is 1.03 bits per heavy atom. The molecule has 166 valence electrons. The number of guanidine groups is 1. The molecular formula is C22H39IN4O2. The Morgan fingerprint density at radius 2 is 1.79 bits per heavy atom. The van der Waals surface area contributed by atoms with Gasteiger partial charge in [0.1, 0.15) is 0 Å². The van der Waals surface area contributed by atoms with Crippen molar-refractivity contribution in [3.8, 4) is 0 Å². The second-order valence-corrected chi connectivity index (χ2v) is 9.76. The molecule has 6 nitrogen and oxygen atoms in total. The van der Waals surface area contributed by atoms with Crippen LogP contribution in [0.3, 0.4) is 0 Å². The lowest BCUT2D eigenvalue weighted by Crippen LogP contribution is -2.73. The van der Waals surface area contributed by atoms with Crippen LogP contribution < -0.4 is 10.6 Å². The largest absolute Gasteiger partial charge is 0.379 e. The lowest BCUT2D eigenvalue weighted by atomic mass is 9.46. The second-order valence-electron chi connectivity index (χ2n) is 9.76. The van der Waals surface area contributed by atoms with Gasteiger partial charge in [0.05, 0.1) is 19.3 Å². The molecule has 0 aromatic rings. The second kappa shape index (κ2) is 9.17. The van der Waals surface area contributed by atoms with E-state index in [4.69, 9.17) is 9.47 Å². The maximum atomic E-state index is 6.09. The van der Waals surface area contributed by atoms with Crippen LogP contribution in [-0.2, 0) is 9.47 Å². The van der Waals surface area contributed by atoms with Gasteiger partial charge < -0.3 is 20.1 Å². The Balaban J connectivity index is 0.00000205. The van der Waals surface area contributed by atoms with Crippen LogP contribution in [0.4, 0.5) is 0 Å². The standard InChI is InChI=1S/C22H38N4O2.HI/c1-23-20(25-18-17-6-13-28-19(17)22(18)9-5-10-22)24-16-21(7-3-2-4-8-21)26-11-14-27-15-12-26;/h17-19H,2-16H2,1H3,(H2,23,24,25);1H. The summed E-state index contributed by atoms with van der Waals surface area (Å²) in [7, 11) is 1.92. The maximum Gasteiger partial charge on any atom is 0.191 e. The molecule has 5 aliphatic rings. The monoisotopic (exact) mass is 518 g/mol. The van der Waals surface area contributed by atoms with Crippen molar-refractivity contribution in [3.63, 3.8) is 0 Å². The summed E-state index contributed by atoms with van der Waals surface area (Å²) in [6, 6.07) is 0.547. The van der Waals surface area contributed by atoms with Crippen LogP contribution >= 0.6 is 24.0 Å². The summed E-state index contributed by atoms with van der Waals surface area (Å²) < 4.78 is 11.7. The van der Waals surface area contributed by atoms with Crippen molar-refractivity contribution < 1.29 is 9.47 Å². The van der Waals surface area contributed by atoms with E-state index in [-0.39, 0.29) is 29.5 Å². The molecule has 5 fully saturated rings. The average molecular weight is 518 g/mol. The third kappa shape index (κ3) is 3.82. The fraction of sp³-hybridized carbons (Fsp3) is 0.955. The smallest absolute Gasteiger partial charge is 0.191 e. The molecule has 2 N–H and O–H groups in total. The summed E-state index contributed by atoms with van der Waals surface area (Å²) in [5.41, 5.74) is 0.665. The van der Waals surface area contributed by atoms with Gasteiger partial charge in [0.15, 0.2) is 5.96 Å². The van der Waals surface area contributed by atoms with E-state index in [0.29, 0.717) is 23.5 Å². The molecular weight excluding hydrogens is 479 g/mol.